The summed E-state index contributed by atoms with van der Waals surface area (Å²) in [5, 5.41) is 0. The summed E-state index contributed by atoms with van der Waals surface area (Å²) in [5.74, 6) is 1.25. The smallest absolute Gasteiger partial charge is 0.211 e. The van der Waals surface area contributed by atoms with Gasteiger partial charge in [0.05, 0.1) is 12.8 Å². The average Bonchev–Trinajstić information content (AvgIpc) is 2.85. The number of likely N-dealkylation sites (N-methyl/N-ethyl adjacent to an activating group) is 1. The lowest BCUT2D eigenvalue weighted by Gasteiger charge is -2.31. The van der Waals surface area contributed by atoms with Crippen molar-refractivity contribution < 1.29 is 9.21 Å². The minimum atomic E-state index is 0.0652. The van der Waals surface area contributed by atoms with Crippen LogP contribution in [0.2, 0.25) is 0 Å². The topological polar surface area (TPSA) is 36.7 Å². The molecule has 100 valence electrons. The van der Waals surface area contributed by atoms with E-state index in [0.29, 0.717) is 12.3 Å². The number of ketones is 1. The van der Waals surface area contributed by atoms with E-state index in [-0.39, 0.29) is 5.78 Å². The Bertz CT molecular complexity index is 367. The van der Waals surface area contributed by atoms with Crippen molar-refractivity contribution >= 4 is 5.78 Å². The van der Waals surface area contributed by atoms with Crippen LogP contribution in [0.4, 0.5) is 0 Å². The summed E-state index contributed by atoms with van der Waals surface area (Å²) in [6, 6.07) is 3.48. The molecular formula is C14H22N2O2. The molecule has 0 N–H and O–H groups in total. The second-order valence-corrected chi connectivity index (χ2v) is 5.34. The van der Waals surface area contributed by atoms with Crippen LogP contribution < -0.4 is 0 Å². The fraction of sp³-hybridized carbons (Fsp3) is 0.643. The number of likely N-dealkylation sites (tertiary alicyclic amines) is 1. The molecule has 1 aromatic rings. The van der Waals surface area contributed by atoms with Crippen molar-refractivity contribution in [2.24, 2.45) is 5.92 Å². The Balaban J connectivity index is 1.75. The minimum Gasteiger partial charge on any atom is -0.461 e. The van der Waals surface area contributed by atoms with Crippen molar-refractivity contribution in [1.82, 2.24) is 9.80 Å². The molecule has 2 rings (SSSR count). The van der Waals surface area contributed by atoms with Crippen LogP contribution in [0.15, 0.2) is 22.8 Å². The van der Waals surface area contributed by atoms with Crippen LogP contribution in [0.1, 0.15) is 23.4 Å². The van der Waals surface area contributed by atoms with Gasteiger partial charge in [-0.1, -0.05) is 0 Å². The van der Waals surface area contributed by atoms with Gasteiger partial charge in [-0.15, -0.1) is 0 Å². The highest BCUT2D eigenvalue weighted by atomic mass is 16.3. The summed E-state index contributed by atoms with van der Waals surface area (Å²) < 4.78 is 5.12. The molecule has 1 saturated heterocycles. The number of piperidine rings is 1. The lowest BCUT2D eigenvalue weighted by molar-refractivity contribution is 0.0898. The van der Waals surface area contributed by atoms with Gasteiger partial charge in [-0.05, 0) is 58.1 Å². The summed E-state index contributed by atoms with van der Waals surface area (Å²) in [7, 11) is 4.18. The number of hydrogen-bond donors (Lipinski definition) is 0. The van der Waals surface area contributed by atoms with Gasteiger partial charge < -0.3 is 9.32 Å². The standard InChI is InChI=1S/C14H22N2O2/c1-15-7-5-12(6-8-15)10-16(2)11-13(17)14-4-3-9-18-14/h3-4,9,12H,5-8,10-11H2,1-2H3. The summed E-state index contributed by atoms with van der Waals surface area (Å²) in [5.41, 5.74) is 0. The zero-order chi connectivity index (χ0) is 13.0. The molecule has 0 aromatic carbocycles. The van der Waals surface area contributed by atoms with Crippen molar-refractivity contribution in [3.63, 3.8) is 0 Å². The van der Waals surface area contributed by atoms with Gasteiger partial charge in [0, 0.05) is 6.54 Å². The molecule has 2 heterocycles. The molecule has 0 unspecified atom stereocenters. The van der Waals surface area contributed by atoms with Gasteiger partial charge in [-0.2, -0.15) is 0 Å². The predicted molar refractivity (Wildman–Crippen MR) is 70.8 cm³/mol. The summed E-state index contributed by atoms with van der Waals surface area (Å²) in [6.45, 7) is 3.79. The maximum atomic E-state index is 11.9. The molecule has 0 bridgehead atoms. The highest BCUT2D eigenvalue weighted by molar-refractivity contribution is 5.94. The lowest BCUT2D eigenvalue weighted by Crippen LogP contribution is -2.37. The number of rotatable bonds is 5. The molecule has 18 heavy (non-hydrogen) atoms. The molecule has 1 fully saturated rings. The van der Waals surface area contributed by atoms with E-state index in [9.17, 15) is 4.79 Å². The zero-order valence-corrected chi connectivity index (χ0v) is 11.3. The Morgan fingerprint density at radius 1 is 1.50 bits per heavy atom. The van der Waals surface area contributed by atoms with E-state index in [2.05, 4.69) is 16.8 Å². The quantitative estimate of drug-likeness (QED) is 0.746. The van der Waals surface area contributed by atoms with E-state index in [0.717, 1.165) is 12.5 Å². The first kappa shape index (κ1) is 13.3. The van der Waals surface area contributed by atoms with Crippen LogP contribution in [0, 0.1) is 5.92 Å². The first-order valence-electron chi connectivity index (χ1n) is 6.59. The molecule has 0 radical (unpaired) electrons. The van der Waals surface area contributed by atoms with Crippen LogP contribution in [-0.2, 0) is 0 Å². The maximum absolute atomic E-state index is 11.9. The van der Waals surface area contributed by atoms with Gasteiger partial charge in [0.1, 0.15) is 0 Å². The van der Waals surface area contributed by atoms with Crippen LogP contribution in [0.25, 0.3) is 0 Å². The van der Waals surface area contributed by atoms with Gasteiger partial charge in [0.25, 0.3) is 0 Å². The summed E-state index contributed by atoms with van der Waals surface area (Å²) in [6.07, 6.45) is 4.01. The largest absolute Gasteiger partial charge is 0.461 e. The van der Waals surface area contributed by atoms with Crippen LogP contribution in [-0.4, -0.2) is 55.9 Å². The van der Waals surface area contributed by atoms with E-state index in [1.165, 1.54) is 25.9 Å². The van der Waals surface area contributed by atoms with E-state index in [1.807, 2.05) is 7.05 Å². The Morgan fingerprint density at radius 3 is 2.83 bits per heavy atom. The molecule has 0 atom stereocenters. The van der Waals surface area contributed by atoms with Crippen LogP contribution in [0.3, 0.4) is 0 Å². The number of carbonyl (C=O) groups is 1. The van der Waals surface area contributed by atoms with Gasteiger partial charge in [0.2, 0.25) is 5.78 Å². The van der Waals surface area contributed by atoms with E-state index < -0.39 is 0 Å². The lowest BCUT2D eigenvalue weighted by atomic mass is 9.96. The number of Topliss-reactive ketones (excluding diaryl/α,β-unsaturated/α-hetero) is 1. The van der Waals surface area contributed by atoms with Gasteiger partial charge in [-0.25, -0.2) is 0 Å². The summed E-state index contributed by atoms with van der Waals surface area (Å²) in [4.78, 5) is 16.3. The van der Waals surface area contributed by atoms with Crippen molar-refractivity contribution in [1.29, 1.82) is 0 Å². The SMILES string of the molecule is CN1CCC(CN(C)CC(=O)c2ccco2)CC1. The third kappa shape index (κ3) is 3.68. The van der Waals surface area contributed by atoms with Crippen LogP contribution in [0.5, 0.6) is 0 Å². The molecule has 4 heteroatoms. The molecule has 1 aliphatic heterocycles. The second kappa shape index (κ2) is 6.16. The van der Waals surface area contributed by atoms with Gasteiger partial charge >= 0.3 is 0 Å². The Labute approximate surface area is 109 Å². The van der Waals surface area contributed by atoms with Crippen molar-refractivity contribution in [2.75, 3.05) is 40.3 Å². The van der Waals surface area contributed by atoms with E-state index in [4.69, 9.17) is 4.42 Å². The molecule has 0 amide bonds. The fourth-order valence-corrected chi connectivity index (χ4v) is 2.51. The molecule has 0 saturated carbocycles. The molecule has 0 aliphatic carbocycles. The first-order chi connectivity index (χ1) is 8.65. The van der Waals surface area contributed by atoms with Crippen molar-refractivity contribution in [2.45, 2.75) is 12.8 Å². The third-order valence-electron chi connectivity index (χ3n) is 3.62. The molecule has 1 aromatic heterocycles. The van der Waals surface area contributed by atoms with Crippen LogP contribution >= 0.6 is 0 Å². The Hall–Kier alpha value is -1.13. The van der Waals surface area contributed by atoms with Crippen molar-refractivity contribution in [3.8, 4) is 0 Å². The molecule has 0 spiro atoms. The molecule has 4 nitrogen and oxygen atoms in total. The number of hydrogen-bond acceptors (Lipinski definition) is 4. The second-order valence-electron chi connectivity index (χ2n) is 5.34. The predicted octanol–water partition coefficient (Wildman–Crippen LogP) is 1.74. The Kier molecular flexibility index (Phi) is 4.55. The minimum absolute atomic E-state index is 0.0652. The number of furan rings is 1. The number of carbonyl (C=O) groups excluding carboxylic acids is 1. The van der Waals surface area contributed by atoms with Gasteiger partial charge in [0.15, 0.2) is 5.76 Å². The average molecular weight is 250 g/mol. The van der Waals surface area contributed by atoms with E-state index >= 15 is 0 Å². The monoisotopic (exact) mass is 250 g/mol. The fourth-order valence-electron chi connectivity index (χ4n) is 2.51. The Morgan fingerprint density at radius 2 is 2.22 bits per heavy atom. The maximum Gasteiger partial charge on any atom is 0.211 e. The molecular weight excluding hydrogens is 228 g/mol. The normalized spacial score (nSPS) is 18.4. The van der Waals surface area contributed by atoms with E-state index in [1.54, 1.807) is 18.4 Å². The third-order valence-corrected chi connectivity index (χ3v) is 3.62. The zero-order valence-electron chi connectivity index (χ0n) is 11.3. The first-order valence-corrected chi connectivity index (χ1v) is 6.59. The number of nitrogens with zero attached hydrogens (tertiary/aromatic N) is 2. The molecule has 1 aliphatic rings. The van der Waals surface area contributed by atoms with Gasteiger partial charge in [-0.3, -0.25) is 9.69 Å². The highest BCUT2D eigenvalue weighted by Gasteiger charge is 2.19. The summed E-state index contributed by atoms with van der Waals surface area (Å²) >= 11 is 0. The van der Waals surface area contributed by atoms with Crippen molar-refractivity contribution in [3.05, 3.63) is 24.2 Å². The highest BCUT2D eigenvalue weighted by Crippen LogP contribution is 2.16.